The molecule has 0 unspecified atom stereocenters. The maximum atomic E-state index is 13.0. The third-order valence-electron chi connectivity index (χ3n) is 5.65. The Kier molecular flexibility index (Phi) is 5.00. The topological polar surface area (TPSA) is 59.2 Å². The SMILES string of the molecule is O=C(C1CCCCC1)N1CCC(c2nc(-c3ccc(F)cc3)no2)CC1. The molecule has 2 heterocycles. The molecule has 4 rings (SSSR count). The van der Waals surface area contributed by atoms with Crippen molar-refractivity contribution >= 4 is 5.91 Å². The zero-order valence-corrected chi connectivity index (χ0v) is 14.9. The summed E-state index contributed by atoms with van der Waals surface area (Å²) in [6, 6.07) is 6.08. The van der Waals surface area contributed by atoms with Crippen LogP contribution in [0, 0.1) is 11.7 Å². The predicted octanol–water partition coefficient (Wildman–Crippen LogP) is 4.16. The van der Waals surface area contributed by atoms with Crippen molar-refractivity contribution in [3.05, 3.63) is 36.0 Å². The van der Waals surface area contributed by atoms with Crippen LogP contribution in [0.5, 0.6) is 0 Å². The number of amides is 1. The first kappa shape index (κ1) is 17.2. The van der Waals surface area contributed by atoms with Crippen molar-refractivity contribution in [3.63, 3.8) is 0 Å². The van der Waals surface area contributed by atoms with E-state index in [0.717, 1.165) is 44.3 Å². The van der Waals surface area contributed by atoms with Crippen LogP contribution in [0.3, 0.4) is 0 Å². The summed E-state index contributed by atoms with van der Waals surface area (Å²) in [6.45, 7) is 1.52. The molecule has 1 saturated carbocycles. The van der Waals surface area contributed by atoms with E-state index in [2.05, 4.69) is 10.1 Å². The first-order valence-electron chi connectivity index (χ1n) is 9.59. The van der Waals surface area contributed by atoms with Crippen molar-refractivity contribution in [1.29, 1.82) is 0 Å². The molecule has 1 aliphatic carbocycles. The number of carbonyl (C=O) groups is 1. The quantitative estimate of drug-likeness (QED) is 0.827. The van der Waals surface area contributed by atoms with Gasteiger partial charge in [-0.3, -0.25) is 4.79 Å². The fourth-order valence-electron chi connectivity index (χ4n) is 4.07. The molecule has 2 fully saturated rings. The number of piperidine rings is 1. The largest absolute Gasteiger partial charge is 0.342 e. The highest BCUT2D eigenvalue weighted by atomic mass is 19.1. The number of likely N-dealkylation sites (tertiary alicyclic amines) is 1. The molecule has 0 atom stereocenters. The summed E-state index contributed by atoms with van der Waals surface area (Å²) in [5, 5.41) is 4.03. The standard InChI is InChI=1S/C20H24FN3O2/c21-17-8-6-14(7-9-17)18-22-19(26-23-18)15-10-12-24(13-11-15)20(25)16-4-2-1-3-5-16/h6-9,15-16H,1-5,10-13H2. The van der Waals surface area contributed by atoms with E-state index >= 15 is 0 Å². The molecule has 0 radical (unpaired) electrons. The Morgan fingerprint density at radius 3 is 2.42 bits per heavy atom. The molecular weight excluding hydrogens is 333 g/mol. The summed E-state index contributed by atoms with van der Waals surface area (Å²) in [7, 11) is 0. The fraction of sp³-hybridized carbons (Fsp3) is 0.550. The van der Waals surface area contributed by atoms with Gasteiger partial charge in [0.1, 0.15) is 5.82 Å². The maximum absolute atomic E-state index is 13.0. The molecule has 0 N–H and O–H groups in total. The normalized spacial score (nSPS) is 19.7. The van der Waals surface area contributed by atoms with Gasteiger partial charge in [-0.2, -0.15) is 4.98 Å². The number of nitrogens with zero attached hydrogens (tertiary/aromatic N) is 3. The Bertz CT molecular complexity index is 745. The van der Waals surface area contributed by atoms with Gasteiger partial charge in [0.2, 0.25) is 17.6 Å². The molecule has 1 aromatic carbocycles. The lowest BCUT2D eigenvalue weighted by molar-refractivity contribution is -0.137. The van der Waals surface area contributed by atoms with Crippen LogP contribution >= 0.6 is 0 Å². The Labute approximate surface area is 152 Å². The monoisotopic (exact) mass is 357 g/mol. The van der Waals surface area contributed by atoms with E-state index in [0.29, 0.717) is 17.6 Å². The lowest BCUT2D eigenvalue weighted by Crippen LogP contribution is -2.41. The third kappa shape index (κ3) is 3.64. The minimum Gasteiger partial charge on any atom is -0.342 e. The number of aromatic nitrogens is 2. The summed E-state index contributed by atoms with van der Waals surface area (Å²) in [6.07, 6.45) is 7.42. The second-order valence-corrected chi connectivity index (χ2v) is 7.40. The molecule has 0 spiro atoms. The lowest BCUT2D eigenvalue weighted by Gasteiger charge is -2.34. The summed E-state index contributed by atoms with van der Waals surface area (Å²) in [4.78, 5) is 19.2. The molecule has 138 valence electrons. The van der Waals surface area contributed by atoms with Crippen LogP contribution in [0.4, 0.5) is 4.39 Å². The highest BCUT2D eigenvalue weighted by molar-refractivity contribution is 5.79. The van der Waals surface area contributed by atoms with Crippen LogP contribution in [0.15, 0.2) is 28.8 Å². The number of hydrogen-bond donors (Lipinski definition) is 0. The van der Waals surface area contributed by atoms with E-state index in [4.69, 9.17) is 4.52 Å². The van der Waals surface area contributed by atoms with Crippen molar-refractivity contribution in [2.45, 2.75) is 50.9 Å². The van der Waals surface area contributed by atoms with Gasteiger partial charge in [0.15, 0.2) is 0 Å². The molecule has 1 aromatic heterocycles. The average Bonchev–Trinajstić information content (AvgIpc) is 3.19. The van der Waals surface area contributed by atoms with Gasteiger partial charge < -0.3 is 9.42 Å². The molecule has 5 nitrogen and oxygen atoms in total. The van der Waals surface area contributed by atoms with Crippen LogP contribution in [0.2, 0.25) is 0 Å². The van der Waals surface area contributed by atoms with Gasteiger partial charge in [0.25, 0.3) is 0 Å². The highest BCUT2D eigenvalue weighted by Gasteiger charge is 2.31. The van der Waals surface area contributed by atoms with E-state index < -0.39 is 0 Å². The number of halogens is 1. The van der Waals surface area contributed by atoms with Gasteiger partial charge in [-0.1, -0.05) is 24.4 Å². The smallest absolute Gasteiger partial charge is 0.230 e. The Morgan fingerprint density at radius 1 is 1.04 bits per heavy atom. The number of carbonyl (C=O) groups excluding carboxylic acids is 1. The van der Waals surface area contributed by atoms with Crippen LogP contribution < -0.4 is 0 Å². The summed E-state index contributed by atoms with van der Waals surface area (Å²) >= 11 is 0. The third-order valence-corrected chi connectivity index (χ3v) is 5.65. The van der Waals surface area contributed by atoms with Crippen LogP contribution in [0.1, 0.15) is 56.8 Å². The molecule has 1 amide bonds. The zero-order valence-electron chi connectivity index (χ0n) is 14.9. The van der Waals surface area contributed by atoms with Crippen molar-refractivity contribution in [3.8, 4) is 11.4 Å². The average molecular weight is 357 g/mol. The molecule has 0 bridgehead atoms. The number of rotatable bonds is 3. The van der Waals surface area contributed by atoms with Crippen LogP contribution in [0.25, 0.3) is 11.4 Å². The molecule has 1 aliphatic heterocycles. The van der Waals surface area contributed by atoms with Gasteiger partial charge in [0.05, 0.1) is 0 Å². The van der Waals surface area contributed by atoms with E-state index in [1.165, 1.54) is 31.4 Å². The van der Waals surface area contributed by atoms with E-state index in [1.807, 2.05) is 4.90 Å². The fourth-order valence-corrected chi connectivity index (χ4v) is 4.07. The minimum absolute atomic E-state index is 0.187. The molecule has 2 aromatic rings. The molecule has 26 heavy (non-hydrogen) atoms. The first-order chi connectivity index (χ1) is 12.7. The van der Waals surface area contributed by atoms with Gasteiger partial charge in [-0.25, -0.2) is 4.39 Å². The van der Waals surface area contributed by atoms with Crippen molar-refractivity contribution < 1.29 is 13.7 Å². The molecule has 2 aliphatic rings. The van der Waals surface area contributed by atoms with Crippen LogP contribution in [-0.2, 0) is 4.79 Å². The maximum Gasteiger partial charge on any atom is 0.230 e. The van der Waals surface area contributed by atoms with Crippen molar-refractivity contribution in [2.75, 3.05) is 13.1 Å². The second kappa shape index (κ2) is 7.56. The summed E-state index contributed by atoms with van der Waals surface area (Å²) < 4.78 is 18.5. The Hall–Kier alpha value is -2.24. The van der Waals surface area contributed by atoms with E-state index in [-0.39, 0.29) is 17.7 Å². The van der Waals surface area contributed by atoms with Gasteiger partial charge in [-0.15, -0.1) is 0 Å². The van der Waals surface area contributed by atoms with Gasteiger partial charge in [0, 0.05) is 30.5 Å². The second-order valence-electron chi connectivity index (χ2n) is 7.40. The predicted molar refractivity (Wildman–Crippen MR) is 94.8 cm³/mol. The Morgan fingerprint density at radius 2 is 1.73 bits per heavy atom. The van der Waals surface area contributed by atoms with E-state index in [9.17, 15) is 9.18 Å². The van der Waals surface area contributed by atoms with Gasteiger partial charge >= 0.3 is 0 Å². The highest BCUT2D eigenvalue weighted by Crippen LogP contribution is 2.31. The molecule has 1 saturated heterocycles. The Balaban J connectivity index is 1.36. The lowest BCUT2D eigenvalue weighted by atomic mass is 9.87. The van der Waals surface area contributed by atoms with Crippen molar-refractivity contribution in [2.24, 2.45) is 5.92 Å². The first-order valence-corrected chi connectivity index (χ1v) is 9.59. The summed E-state index contributed by atoms with van der Waals surface area (Å²) in [5.74, 6) is 1.57. The number of benzene rings is 1. The molecule has 6 heteroatoms. The van der Waals surface area contributed by atoms with Crippen molar-refractivity contribution in [1.82, 2.24) is 15.0 Å². The molecular formula is C20H24FN3O2. The zero-order chi connectivity index (χ0) is 17.9. The van der Waals surface area contributed by atoms with Crippen LogP contribution in [-0.4, -0.2) is 34.0 Å². The van der Waals surface area contributed by atoms with E-state index in [1.54, 1.807) is 12.1 Å². The minimum atomic E-state index is -0.285. The summed E-state index contributed by atoms with van der Waals surface area (Å²) in [5.41, 5.74) is 0.742. The number of hydrogen-bond acceptors (Lipinski definition) is 4. The van der Waals surface area contributed by atoms with Gasteiger partial charge in [-0.05, 0) is 49.9 Å².